The monoisotopic (exact) mass is 355 g/mol. The van der Waals surface area contributed by atoms with Gasteiger partial charge in [0, 0.05) is 24.1 Å². The van der Waals surface area contributed by atoms with Crippen LogP contribution in [0.3, 0.4) is 0 Å². The van der Waals surface area contributed by atoms with Gasteiger partial charge in [0.15, 0.2) is 0 Å². The summed E-state index contributed by atoms with van der Waals surface area (Å²) in [6.45, 7) is 0.752. The lowest BCUT2D eigenvalue weighted by Crippen LogP contribution is -2.40. The number of imide groups is 1. The van der Waals surface area contributed by atoms with Crippen LogP contribution in [0.2, 0.25) is 0 Å². The van der Waals surface area contributed by atoms with Crippen molar-refractivity contribution in [3.63, 3.8) is 0 Å². The first-order valence-electron chi connectivity index (χ1n) is 8.18. The normalized spacial score (nSPS) is 16.4. The van der Waals surface area contributed by atoms with E-state index in [-0.39, 0.29) is 43.8 Å². The van der Waals surface area contributed by atoms with Crippen LogP contribution in [0.25, 0.3) is 0 Å². The van der Waals surface area contributed by atoms with Gasteiger partial charge in [-0.1, -0.05) is 11.8 Å². The molecule has 1 N–H and O–H groups in total. The van der Waals surface area contributed by atoms with E-state index < -0.39 is 5.91 Å². The molecule has 0 spiro atoms. The third-order valence-electron chi connectivity index (χ3n) is 4.00. The summed E-state index contributed by atoms with van der Waals surface area (Å²) in [7, 11) is 0. The van der Waals surface area contributed by atoms with Crippen LogP contribution in [0, 0.1) is 11.8 Å². The quantitative estimate of drug-likeness (QED) is 0.617. The van der Waals surface area contributed by atoms with Crippen LogP contribution in [0.15, 0.2) is 24.3 Å². The van der Waals surface area contributed by atoms with Crippen molar-refractivity contribution >= 4 is 29.5 Å². The molecule has 2 saturated heterocycles. The number of likely N-dealkylation sites (tertiary alicyclic amines) is 1. The number of hydrogen-bond acceptors (Lipinski definition) is 5. The summed E-state index contributed by atoms with van der Waals surface area (Å²) >= 11 is 0. The SMILES string of the molecule is O=C(CN1C(=O)CCC1=O)NCC#Cc1ccc(N2CCOC2=O)cc1. The van der Waals surface area contributed by atoms with Crippen LogP contribution < -0.4 is 10.2 Å². The largest absolute Gasteiger partial charge is 0.447 e. The number of carbonyl (C=O) groups is 4. The lowest BCUT2D eigenvalue weighted by atomic mass is 10.2. The van der Waals surface area contributed by atoms with E-state index in [0.29, 0.717) is 13.2 Å². The highest BCUT2D eigenvalue weighted by atomic mass is 16.6. The second-order valence-electron chi connectivity index (χ2n) is 5.77. The Morgan fingerprint density at radius 1 is 1.12 bits per heavy atom. The number of hydrogen-bond donors (Lipinski definition) is 1. The van der Waals surface area contributed by atoms with Gasteiger partial charge in [-0.25, -0.2) is 4.79 Å². The number of rotatable bonds is 4. The van der Waals surface area contributed by atoms with Crippen molar-refractivity contribution in [2.24, 2.45) is 0 Å². The van der Waals surface area contributed by atoms with Crippen LogP contribution in [-0.2, 0) is 19.1 Å². The molecule has 4 amide bonds. The zero-order valence-electron chi connectivity index (χ0n) is 14.0. The highest BCUT2D eigenvalue weighted by Gasteiger charge is 2.30. The molecule has 2 aliphatic rings. The number of ether oxygens (including phenoxy) is 1. The summed E-state index contributed by atoms with van der Waals surface area (Å²) in [5.41, 5.74) is 1.48. The molecule has 1 aromatic rings. The minimum absolute atomic E-state index is 0.106. The maximum Gasteiger partial charge on any atom is 0.414 e. The van der Waals surface area contributed by atoms with Gasteiger partial charge in [0.2, 0.25) is 17.7 Å². The molecule has 0 atom stereocenters. The van der Waals surface area contributed by atoms with Crippen LogP contribution in [0.4, 0.5) is 10.5 Å². The van der Waals surface area contributed by atoms with Crippen LogP contribution in [0.1, 0.15) is 18.4 Å². The number of amides is 4. The lowest BCUT2D eigenvalue weighted by molar-refractivity contribution is -0.142. The number of benzene rings is 1. The minimum atomic E-state index is -0.425. The maximum absolute atomic E-state index is 11.7. The number of nitrogens with one attached hydrogen (secondary N) is 1. The predicted octanol–water partition coefficient (Wildman–Crippen LogP) is 0.260. The molecule has 0 unspecified atom stereocenters. The Hall–Kier alpha value is -3.34. The summed E-state index contributed by atoms with van der Waals surface area (Å²) in [5.74, 6) is 4.63. The van der Waals surface area contributed by atoms with E-state index in [2.05, 4.69) is 17.2 Å². The van der Waals surface area contributed by atoms with E-state index in [9.17, 15) is 19.2 Å². The second-order valence-corrected chi connectivity index (χ2v) is 5.77. The number of nitrogens with zero attached hydrogens (tertiary/aromatic N) is 2. The summed E-state index contributed by atoms with van der Waals surface area (Å²) in [5, 5.41) is 2.55. The van der Waals surface area contributed by atoms with Gasteiger partial charge in [0.1, 0.15) is 13.2 Å². The van der Waals surface area contributed by atoms with Crippen molar-refractivity contribution in [1.29, 1.82) is 0 Å². The Labute approximate surface area is 150 Å². The minimum Gasteiger partial charge on any atom is -0.447 e. The highest BCUT2D eigenvalue weighted by Crippen LogP contribution is 2.18. The van der Waals surface area contributed by atoms with E-state index in [4.69, 9.17) is 4.74 Å². The molecule has 1 aromatic carbocycles. The molecule has 8 nitrogen and oxygen atoms in total. The molecule has 0 aliphatic carbocycles. The van der Waals surface area contributed by atoms with Crippen molar-refractivity contribution in [2.75, 3.05) is 31.1 Å². The van der Waals surface area contributed by atoms with E-state index in [1.807, 2.05) is 0 Å². The van der Waals surface area contributed by atoms with Gasteiger partial charge in [-0.3, -0.25) is 24.2 Å². The predicted molar refractivity (Wildman–Crippen MR) is 91.0 cm³/mol. The Kier molecular flexibility index (Phi) is 5.17. The average Bonchev–Trinajstić information content (AvgIpc) is 3.20. The van der Waals surface area contributed by atoms with Gasteiger partial charge in [0.05, 0.1) is 13.1 Å². The van der Waals surface area contributed by atoms with E-state index in [1.54, 1.807) is 29.2 Å². The Morgan fingerprint density at radius 3 is 2.42 bits per heavy atom. The van der Waals surface area contributed by atoms with Crippen molar-refractivity contribution in [1.82, 2.24) is 10.2 Å². The van der Waals surface area contributed by atoms with E-state index in [1.165, 1.54) is 0 Å². The lowest BCUT2D eigenvalue weighted by Gasteiger charge is -2.12. The van der Waals surface area contributed by atoms with E-state index >= 15 is 0 Å². The topological polar surface area (TPSA) is 96.0 Å². The molecule has 0 saturated carbocycles. The molecule has 2 heterocycles. The number of carbonyl (C=O) groups excluding carboxylic acids is 4. The van der Waals surface area contributed by atoms with Gasteiger partial charge >= 0.3 is 6.09 Å². The van der Waals surface area contributed by atoms with Gasteiger partial charge < -0.3 is 10.1 Å². The van der Waals surface area contributed by atoms with Crippen molar-refractivity contribution in [3.05, 3.63) is 29.8 Å². The first kappa shape index (κ1) is 17.5. The smallest absolute Gasteiger partial charge is 0.414 e. The molecule has 0 radical (unpaired) electrons. The fourth-order valence-electron chi connectivity index (χ4n) is 2.64. The Morgan fingerprint density at radius 2 is 1.81 bits per heavy atom. The van der Waals surface area contributed by atoms with Crippen molar-refractivity contribution < 1.29 is 23.9 Å². The third kappa shape index (κ3) is 4.00. The molecule has 0 bridgehead atoms. The molecule has 134 valence electrons. The zero-order chi connectivity index (χ0) is 18.5. The highest BCUT2D eigenvalue weighted by molar-refractivity contribution is 6.04. The van der Waals surface area contributed by atoms with Crippen LogP contribution >= 0.6 is 0 Å². The summed E-state index contributed by atoms with van der Waals surface area (Å²) in [4.78, 5) is 48.6. The molecule has 0 aromatic heterocycles. The van der Waals surface area contributed by atoms with Crippen LogP contribution in [-0.4, -0.2) is 55.0 Å². The average molecular weight is 355 g/mol. The van der Waals surface area contributed by atoms with Crippen molar-refractivity contribution in [3.8, 4) is 11.8 Å². The molecule has 3 rings (SSSR count). The second kappa shape index (κ2) is 7.70. The fraction of sp³-hybridized carbons (Fsp3) is 0.333. The first-order valence-corrected chi connectivity index (χ1v) is 8.18. The molecule has 26 heavy (non-hydrogen) atoms. The number of anilines is 1. The maximum atomic E-state index is 11.7. The summed E-state index contributed by atoms with van der Waals surface area (Å²) in [6, 6.07) is 7.11. The molecular formula is C18H17N3O5. The van der Waals surface area contributed by atoms with Gasteiger partial charge in [-0.2, -0.15) is 0 Å². The Bertz CT molecular complexity index is 790. The summed E-state index contributed by atoms with van der Waals surface area (Å²) in [6.07, 6.45) is -0.0322. The standard InChI is InChI=1S/C18H17N3O5/c22-15(12-21-16(23)7-8-17(21)24)19-9-1-2-13-3-5-14(6-4-13)20-10-11-26-18(20)25/h3-6H,7-12H2,(H,19,22). The first-order chi connectivity index (χ1) is 12.5. The molecule has 8 heteroatoms. The molecule has 2 aliphatic heterocycles. The molecule has 2 fully saturated rings. The van der Waals surface area contributed by atoms with Crippen molar-refractivity contribution in [2.45, 2.75) is 12.8 Å². The van der Waals surface area contributed by atoms with Gasteiger partial charge in [0.25, 0.3) is 0 Å². The summed E-state index contributed by atoms with van der Waals surface area (Å²) < 4.78 is 4.89. The number of cyclic esters (lactones) is 1. The fourth-order valence-corrected chi connectivity index (χ4v) is 2.64. The van der Waals surface area contributed by atoms with Gasteiger partial charge in [-0.05, 0) is 24.3 Å². The van der Waals surface area contributed by atoms with Crippen LogP contribution in [0.5, 0.6) is 0 Å². The Balaban J connectivity index is 1.47. The van der Waals surface area contributed by atoms with E-state index in [0.717, 1.165) is 16.2 Å². The zero-order valence-corrected chi connectivity index (χ0v) is 14.0. The molecular weight excluding hydrogens is 338 g/mol. The third-order valence-corrected chi connectivity index (χ3v) is 4.00. The van der Waals surface area contributed by atoms with Gasteiger partial charge in [-0.15, -0.1) is 0 Å².